The van der Waals surface area contributed by atoms with Crippen LogP contribution in [-0.4, -0.2) is 47.8 Å². The predicted octanol–water partition coefficient (Wildman–Crippen LogP) is 4.37. The first-order valence-electron chi connectivity index (χ1n) is 11.2. The van der Waals surface area contributed by atoms with Crippen molar-refractivity contribution < 1.29 is 9.59 Å². The van der Waals surface area contributed by atoms with Gasteiger partial charge in [-0.05, 0) is 40.8 Å². The van der Waals surface area contributed by atoms with E-state index < -0.39 is 0 Å². The highest BCUT2D eigenvalue weighted by atomic mass is 16.2. The van der Waals surface area contributed by atoms with Gasteiger partial charge in [-0.25, -0.2) is 0 Å². The lowest BCUT2D eigenvalue weighted by atomic mass is 9.90. The number of allylic oxidation sites excluding steroid dienone is 1. The van der Waals surface area contributed by atoms with Crippen molar-refractivity contribution in [2.75, 3.05) is 26.2 Å². The standard InChI is InChI=1S/C28H26N2O2/c31-27(25-15-14-21-12-7-13-24(21)20-25)29-16-18-30(19-17-29)28(32)26(22-8-3-1-4-9-22)23-10-5-2-6-11-23/h1-12,14-15,20,26H,13,16-19H2. The molecule has 3 aromatic rings. The van der Waals surface area contributed by atoms with E-state index in [0.29, 0.717) is 26.2 Å². The first-order valence-corrected chi connectivity index (χ1v) is 11.2. The number of amides is 2. The molecule has 0 aromatic heterocycles. The van der Waals surface area contributed by atoms with Gasteiger partial charge in [0.1, 0.15) is 0 Å². The Kier molecular flexibility index (Phi) is 5.59. The summed E-state index contributed by atoms with van der Waals surface area (Å²) in [5, 5.41) is 0. The van der Waals surface area contributed by atoms with Crippen LogP contribution in [0.3, 0.4) is 0 Å². The summed E-state index contributed by atoms with van der Waals surface area (Å²) < 4.78 is 0. The molecule has 0 saturated carbocycles. The topological polar surface area (TPSA) is 40.6 Å². The molecule has 0 unspecified atom stereocenters. The first kappa shape index (κ1) is 20.3. The summed E-state index contributed by atoms with van der Waals surface area (Å²) in [6.07, 6.45) is 5.11. The van der Waals surface area contributed by atoms with Gasteiger partial charge in [-0.1, -0.05) is 78.9 Å². The Hall–Kier alpha value is -3.66. The summed E-state index contributed by atoms with van der Waals surface area (Å²) in [4.78, 5) is 30.4. The molecular weight excluding hydrogens is 396 g/mol. The lowest BCUT2D eigenvalue weighted by Crippen LogP contribution is -2.51. The van der Waals surface area contributed by atoms with Crippen molar-refractivity contribution in [2.24, 2.45) is 0 Å². The molecule has 3 aromatic carbocycles. The van der Waals surface area contributed by atoms with E-state index in [-0.39, 0.29) is 17.7 Å². The number of hydrogen-bond acceptors (Lipinski definition) is 2. The third-order valence-electron chi connectivity index (χ3n) is 6.42. The normalized spacial score (nSPS) is 15.2. The second-order valence-corrected chi connectivity index (χ2v) is 8.39. The minimum absolute atomic E-state index is 0.0504. The summed E-state index contributed by atoms with van der Waals surface area (Å²) in [5.74, 6) is -0.184. The first-order chi connectivity index (χ1) is 15.7. The van der Waals surface area contributed by atoms with Crippen molar-refractivity contribution >= 4 is 17.9 Å². The van der Waals surface area contributed by atoms with Gasteiger partial charge in [0.25, 0.3) is 5.91 Å². The van der Waals surface area contributed by atoms with Gasteiger partial charge in [0, 0.05) is 31.7 Å². The molecule has 0 N–H and O–H groups in total. The SMILES string of the molecule is O=C(c1ccc2c(c1)CC=C2)N1CCN(C(=O)C(c2ccccc2)c2ccccc2)CC1. The van der Waals surface area contributed by atoms with Crippen molar-refractivity contribution in [3.05, 3.63) is 113 Å². The highest BCUT2D eigenvalue weighted by molar-refractivity contribution is 5.95. The Labute approximate surface area is 188 Å². The van der Waals surface area contributed by atoms with Crippen molar-refractivity contribution in [3.63, 3.8) is 0 Å². The maximum Gasteiger partial charge on any atom is 0.253 e. The molecule has 0 atom stereocenters. The van der Waals surface area contributed by atoms with Gasteiger partial charge in [0.15, 0.2) is 0 Å². The number of piperazine rings is 1. The van der Waals surface area contributed by atoms with E-state index in [1.807, 2.05) is 88.7 Å². The molecule has 1 aliphatic heterocycles. The van der Waals surface area contributed by atoms with Crippen molar-refractivity contribution in [3.8, 4) is 0 Å². The van der Waals surface area contributed by atoms with Crippen LogP contribution >= 0.6 is 0 Å². The lowest BCUT2D eigenvalue weighted by molar-refractivity contribution is -0.133. The minimum Gasteiger partial charge on any atom is -0.338 e. The summed E-state index contributed by atoms with van der Waals surface area (Å²) in [7, 11) is 0. The van der Waals surface area contributed by atoms with Crippen LogP contribution in [0.5, 0.6) is 0 Å². The van der Waals surface area contributed by atoms with Crippen molar-refractivity contribution in [1.29, 1.82) is 0 Å². The maximum absolute atomic E-state index is 13.6. The van der Waals surface area contributed by atoms with Gasteiger partial charge in [0.05, 0.1) is 5.92 Å². The molecule has 1 saturated heterocycles. The van der Waals surface area contributed by atoms with Crippen LogP contribution in [0.1, 0.15) is 38.5 Å². The zero-order chi connectivity index (χ0) is 21.9. The largest absolute Gasteiger partial charge is 0.338 e. The fraction of sp³-hybridized carbons (Fsp3) is 0.214. The second kappa shape index (κ2) is 8.83. The monoisotopic (exact) mass is 422 g/mol. The molecule has 5 rings (SSSR count). The van der Waals surface area contributed by atoms with Crippen molar-refractivity contribution in [2.45, 2.75) is 12.3 Å². The Morgan fingerprint density at radius 2 is 1.31 bits per heavy atom. The van der Waals surface area contributed by atoms with Crippen LogP contribution in [0, 0.1) is 0 Å². The van der Waals surface area contributed by atoms with Crippen LogP contribution in [-0.2, 0) is 11.2 Å². The summed E-state index contributed by atoms with van der Waals surface area (Å²) in [6, 6.07) is 25.8. The Bertz CT molecular complexity index is 1110. The van der Waals surface area contributed by atoms with Gasteiger partial charge in [0.2, 0.25) is 5.91 Å². The van der Waals surface area contributed by atoms with E-state index in [1.54, 1.807) is 0 Å². The average Bonchev–Trinajstić information content (AvgIpc) is 3.33. The molecule has 4 heteroatoms. The van der Waals surface area contributed by atoms with Crippen LogP contribution < -0.4 is 0 Å². The lowest BCUT2D eigenvalue weighted by Gasteiger charge is -2.36. The highest BCUT2D eigenvalue weighted by Gasteiger charge is 2.31. The molecule has 0 spiro atoms. The fourth-order valence-corrected chi connectivity index (χ4v) is 4.65. The van der Waals surface area contributed by atoms with E-state index in [4.69, 9.17) is 0 Å². The third-order valence-corrected chi connectivity index (χ3v) is 6.42. The smallest absolute Gasteiger partial charge is 0.253 e. The molecule has 1 heterocycles. The average molecular weight is 423 g/mol. The maximum atomic E-state index is 13.6. The van der Waals surface area contributed by atoms with E-state index in [2.05, 4.69) is 12.2 Å². The zero-order valence-corrected chi connectivity index (χ0v) is 18.0. The molecule has 0 bridgehead atoms. The quantitative estimate of drug-likeness (QED) is 0.626. The highest BCUT2D eigenvalue weighted by Crippen LogP contribution is 2.28. The number of fused-ring (bicyclic) bond motifs is 1. The van der Waals surface area contributed by atoms with E-state index in [0.717, 1.165) is 23.1 Å². The molecule has 2 amide bonds. The number of rotatable bonds is 4. The van der Waals surface area contributed by atoms with Gasteiger partial charge < -0.3 is 9.80 Å². The zero-order valence-electron chi connectivity index (χ0n) is 18.0. The molecule has 1 aliphatic carbocycles. The number of carbonyl (C=O) groups excluding carboxylic acids is 2. The van der Waals surface area contributed by atoms with E-state index in [9.17, 15) is 9.59 Å². The third kappa shape index (κ3) is 3.96. The van der Waals surface area contributed by atoms with Gasteiger partial charge in [-0.3, -0.25) is 9.59 Å². The molecule has 0 radical (unpaired) electrons. The summed E-state index contributed by atoms with van der Waals surface area (Å²) >= 11 is 0. The molecule has 1 fully saturated rings. The Morgan fingerprint density at radius 1 is 0.719 bits per heavy atom. The molecule has 32 heavy (non-hydrogen) atoms. The predicted molar refractivity (Wildman–Crippen MR) is 126 cm³/mol. The second-order valence-electron chi connectivity index (χ2n) is 8.39. The van der Waals surface area contributed by atoms with Gasteiger partial charge in [-0.15, -0.1) is 0 Å². The minimum atomic E-state index is -0.330. The van der Waals surface area contributed by atoms with Gasteiger partial charge in [-0.2, -0.15) is 0 Å². The number of hydrogen-bond donors (Lipinski definition) is 0. The Morgan fingerprint density at radius 3 is 1.94 bits per heavy atom. The van der Waals surface area contributed by atoms with Crippen LogP contribution in [0.4, 0.5) is 0 Å². The Balaban J connectivity index is 1.29. The molecular formula is C28H26N2O2. The fourth-order valence-electron chi connectivity index (χ4n) is 4.65. The summed E-state index contributed by atoms with van der Waals surface area (Å²) in [5.41, 5.74) is 5.13. The molecule has 4 nitrogen and oxygen atoms in total. The number of nitrogens with zero attached hydrogens (tertiary/aromatic N) is 2. The molecule has 2 aliphatic rings. The molecule has 160 valence electrons. The van der Waals surface area contributed by atoms with Gasteiger partial charge >= 0.3 is 0 Å². The van der Waals surface area contributed by atoms with E-state index >= 15 is 0 Å². The number of benzene rings is 3. The van der Waals surface area contributed by atoms with Crippen molar-refractivity contribution in [1.82, 2.24) is 9.80 Å². The van der Waals surface area contributed by atoms with Crippen LogP contribution in [0.2, 0.25) is 0 Å². The number of carbonyl (C=O) groups is 2. The summed E-state index contributed by atoms with van der Waals surface area (Å²) in [6.45, 7) is 2.20. The van der Waals surface area contributed by atoms with Crippen LogP contribution in [0.15, 0.2) is 84.9 Å². The van der Waals surface area contributed by atoms with Crippen LogP contribution in [0.25, 0.3) is 6.08 Å². The van der Waals surface area contributed by atoms with E-state index in [1.165, 1.54) is 11.1 Å².